The molecule has 1 aliphatic rings. The zero-order valence-corrected chi connectivity index (χ0v) is 9.88. The first-order chi connectivity index (χ1) is 8.08. The molecule has 5 heteroatoms. The number of carbonyl (C=O) groups excluding carboxylic acids is 1. The second-order valence-electron chi connectivity index (χ2n) is 4.28. The van der Waals surface area contributed by atoms with Crippen LogP contribution in [-0.4, -0.2) is 29.8 Å². The van der Waals surface area contributed by atoms with Gasteiger partial charge in [0.2, 0.25) is 5.91 Å². The van der Waals surface area contributed by atoms with E-state index in [9.17, 15) is 13.6 Å². The van der Waals surface area contributed by atoms with Gasteiger partial charge >= 0.3 is 0 Å². The van der Waals surface area contributed by atoms with Gasteiger partial charge in [0, 0.05) is 19.2 Å². The van der Waals surface area contributed by atoms with Gasteiger partial charge in [0.05, 0.1) is 0 Å². The molecule has 0 radical (unpaired) electrons. The zero-order chi connectivity index (χ0) is 12.4. The predicted molar refractivity (Wildman–Crippen MR) is 60.9 cm³/mol. The summed E-state index contributed by atoms with van der Waals surface area (Å²) in [4.78, 5) is 12.8. The van der Waals surface area contributed by atoms with E-state index < -0.39 is 11.6 Å². The highest BCUT2D eigenvalue weighted by Gasteiger charge is 2.29. The van der Waals surface area contributed by atoms with Crippen LogP contribution in [0.5, 0.6) is 0 Å². The Bertz CT molecular complexity index is 412. The monoisotopic (exact) mass is 259 g/mol. The van der Waals surface area contributed by atoms with Gasteiger partial charge in [-0.25, -0.2) is 8.78 Å². The molecule has 1 aromatic carbocycles. The molecule has 0 spiro atoms. The molecule has 0 atom stereocenters. The molecule has 1 saturated heterocycles. The SMILES string of the molecule is O=C(CCl)N1CC(Cc2cc(F)cc(F)c2)C1. The third kappa shape index (κ3) is 2.94. The van der Waals surface area contributed by atoms with Crippen LogP contribution in [0.3, 0.4) is 0 Å². The number of rotatable bonds is 3. The van der Waals surface area contributed by atoms with Crippen molar-refractivity contribution < 1.29 is 13.6 Å². The van der Waals surface area contributed by atoms with Crippen molar-refractivity contribution in [2.24, 2.45) is 5.92 Å². The first-order valence-corrected chi connectivity index (χ1v) is 5.90. The Labute approximate surface area is 103 Å². The Morgan fingerprint density at radius 3 is 2.41 bits per heavy atom. The largest absolute Gasteiger partial charge is 0.341 e. The second kappa shape index (κ2) is 5.00. The fraction of sp³-hybridized carbons (Fsp3) is 0.417. The number of carbonyl (C=O) groups is 1. The number of likely N-dealkylation sites (tertiary alicyclic amines) is 1. The van der Waals surface area contributed by atoms with E-state index in [4.69, 9.17) is 11.6 Å². The molecule has 17 heavy (non-hydrogen) atoms. The van der Waals surface area contributed by atoms with Gasteiger partial charge in [0.15, 0.2) is 0 Å². The van der Waals surface area contributed by atoms with Crippen molar-refractivity contribution in [1.29, 1.82) is 0 Å². The fourth-order valence-electron chi connectivity index (χ4n) is 2.05. The van der Waals surface area contributed by atoms with Crippen LogP contribution in [0.4, 0.5) is 8.78 Å². The van der Waals surface area contributed by atoms with E-state index in [0.29, 0.717) is 25.1 Å². The van der Waals surface area contributed by atoms with Crippen LogP contribution >= 0.6 is 11.6 Å². The quantitative estimate of drug-likeness (QED) is 0.762. The number of nitrogens with zero attached hydrogens (tertiary/aromatic N) is 1. The summed E-state index contributed by atoms with van der Waals surface area (Å²) in [5.41, 5.74) is 0.630. The van der Waals surface area contributed by atoms with Gasteiger partial charge in [0.1, 0.15) is 17.5 Å². The van der Waals surface area contributed by atoms with Crippen LogP contribution in [0, 0.1) is 17.6 Å². The molecule has 1 fully saturated rings. The second-order valence-corrected chi connectivity index (χ2v) is 4.55. The lowest BCUT2D eigenvalue weighted by atomic mass is 9.92. The van der Waals surface area contributed by atoms with Crippen molar-refractivity contribution in [2.45, 2.75) is 6.42 Å². The summed E-state index contributed by atoms with van der Waals surface area (Å²) in [6, 6.07) is 3.51. The number of hydrogen-bond acceptors (Lipinski definition) is 1. The lowest BCUT2D eigenvalue weighted by molar-refractivity contribution is -0.134. The molecule has 1 amide bonds. The van der Waals surface area contributed by atoms with Gasteiger partial charge in [-0.05, 0) is 30.0 Å². The van der Waals surface area contributed by atoms with Crippen molar-refractivity contribution in [3.63, 3.8) is 0 Å². The molecule has 92 valence electrons. The van der Waals surface area contributed by atoms with Gasteiger partial charge in [-0.2, -0.15) is 0 Å². The predicted octanol–water partition coefficient (Wildman–Crippen LogP) is 2.20. The van der Waals surface area contributed by atoms with E-state index in [1.54, 1.807) is 4.90 Å². The lowest BCUT2D eigenvalue weighted by Gasteiger charge is -2.39. The number of amides is 1. The molecule has 0 N–H and O–H groups in total. The van der Waals surface area contributed by atoms with Gasteiger partial charge in [-0.1, -0.05) is 0 Å². The molecule has 1 heterocycles. The summed E-state index contributed by atoms with van der Waals surface area (Å²) in [7, 11) is 0. The summed E-state index contributed by atoms with van der Waals surface area (Å²) in [6.07, 6.45) is 0.584. The maximum Gasteiger partial charge on any atom is 0.237 e. The van der Waals surface area contributed by atoms with Crippen LogP contribution in [0.2, 0.25) is 0 Å². The first-order valence-electron chi connectivity index (χ1n) is 5.37. The Morgan fingerprint density at radius 1 is 1.29 bits per heavy atom. The molecule has 1 aliphatic heterocycles. The smallest absolute Gasteiger partial charge is 0.237 e. The number of benzene rings is 1. The summed E-state index contributed by atoms with van der Waals surface area (Å²) in [5, 5.41) is 0. The number of alkyl halides is 1. The standard InChI is InChI=1S/C12H12ClF2NO/c13-5-12(17)16-6-9(7-16)1-8-2-10(14)4-11(15)3-8/h2-4,9H,1,5-7H2. The van der Waals surface area contributed by atoms with Crippen molar-refractivity contribution in [3.05, 3.63) is 35.4 Å². The highest BCUT2D eigenvalue weighted by Crippen LogP contribution is 2.21. The molecule has 2 nitrogen and oxygen atoms in total. The van der Waals surface area contributed by atoms with Crippen molar-refractivity contribution >= 4 is 17.5 Å². The van der Waals surface area contributed by atoms with Gasteiger partial charge in [0.25, 0.3) is 0 Å². The average molecular weight is 260 g/mol. The summed E-state index contributed by atoms with van der Waals surface area (Å²) < 4.78 is 25.9. The van der Waals surface area contributed by atoms with E-state index in [-0.39, 0.29) is 17.7 Å². The van der Waals surface area contributed by atoms with E-state index in [1.165, 1.54) is 12.1 Å². The molecule has 0 aliphatic carbocycles. The minimum atomic E-state index is -0.562. The number of halogens is 3. The van der Waals surface area contributed by atoms with E-state index in [2.05, 4.69) is 0 Å². The average Bonchev–Trinajstić information content (AvgIpc) is 2.20. The summed E-state index contributed by atoms with van der Waals surface area (Å²) >= 11 is 5.42. The lowest BCUT2D eigenvalue weighted by Crippen LogP contribution is -2.51. The summed E-state index contributed by atoms with van der Waals surface area (Å²) in [6.45, 7) is 1.23. The molecule has 0 unspecified atom stereocenters. The van der Waals surface area contributed by atoms with Crippen LogP contribution < -0.4 is 0 Å². The maximum atomic E-state index is 12.9. The molecule has 0 saturated carbocycles. The Balaban J connectivity index is 1.89. The molecular weight excluding hydrogens is 248 g/mol. The Hall–Kier alpha value is -1.16. The topological polar surface area (TPSA) is 20.3 Å². The van der Waals surface area contributed by atoms with E-state index >= 15 is 0 Å². The molecule has 2 rings (SSSR count). The van der Waals surface area contributed by atoms with Crippen LogP contribution in [0.1, 0.15) is 5.56 Å². The molecular formula is C12H12ClF2NO. The van der Waals surface area contributed by atoms with Gasteiger partial charge in [-0.15, -0.1) is 11.6 Å². The minimum Gasteiger partial charge on any atom is -0.341 e. The first kappa shape index (κ1) is 12.3. The highest BCUT2D eigenvalue weighted by molar-refractivity contribution is 6.27. The number of hydrogen-bond donors (Lipinski definition) is 0. The highest BCUT2D eigenvalue weighted by atomic mass is 35.5. The van der Waals surface area contributed by atoms with E-state index in [0.717, 1.165) is 6.07 Å². The fourth-order valence-corrected chi connectivity index (χ4v) is 2.22. The third-order valence-corrected chi connectivity index (χ3v) is 3.10. The van der Waals surface area contributed by atoms with Crippen molar-refractivity contribution in [1.82, 2.24) is 4.90 Å². The van der Waals surface area contributed by atoms with Crippen LogP contribution in [0.15, 0.2) is 18.2 Å². The molecule has 1 aromatic rings. The van der Waals surface area contributed by atoms with Gasteiger partial charge < -0.3 is 4.90 Å². The zero-order valence-electron chi connectivity index (χ0n) is 9.13. The minimum absolute atomic E-state index is 0.0126. The molecule has 0 aromatic heterocycles. The third-order valence-electron chi connectivity index (χ3n) is 2.87. The maximum absolute atomic E-state index is 12.9. The van der Waals surface area contributed by atoms with Crippen molar-refractivity contribution in [3.8, 4) is 0 Å². The van der Waals surface area contributed by atoms with Crippen molar-refractivity contribution in [2.75, 3.05) is 19.0 Å². The summed E-state index contributed by atoms with van der Waals surface area (Å²) in [5.74, 6) is -0.959. The van der Waals surface area contributed by atoms with Crippen LogP contribution in [0.25, 0.3) is 0 Å². The van der Waals surface area contributed by atoms with E-state index in [1.807, 2.05) is 0 Å². The van der Waals surface area contributed by atoms with Gasteiger partial charge in [-0.3, -0.25) is 4.79 Å². The Morgan fingerprint density at radius 2 is 1.88 bits per heavy atom. The van der Waals surface area contributed by atoms with Crippen LogP contribution in [-0.2, 0) is 11.2 Å². The normalized spacial score (nSPS) is 15.8. The molecule has 0 bridgehead atoms. The Kier molecular flexibility index (Phi) is 3.62.